The van der Waals surface area contributed by atoms with E-state index in [-0.39, 0.29) is 0 Å². The van der Waals surface area contributed by atoms with Crippen LogP contribution in [-0.2, 0) is 4.74 Å². The molecule has 12 heavy (non-hydrogen) atoms. The Morgan fingerprint density at radius 2 is 2.42 bits per heavy atom. The summed E-state index contributed by atoms with van der Waals surface area (Å²) in [5.74, 6) is 0. The number of epoxide rings is 1. The molecule has 0 N–H and O–H groups in total. The molecule has 1 unspecified atom stereocenters. The molecule has 1 aliphatic rings. The monoisotopic (exact) mass is 160 g/mol. The molecule has 4 heteroatoms. The number of hydrogen-bond donors (Lipinski definition) is 0. The second-order valence-electron chi connectivity index (χ2n) is 3.08. The summed E-state index contributed by atoms with van der Waals surface area (Å²) in [5, 5.41) is 0. The van der Waals surface area contributed by atoms with Crippen molar-refractivity contribution >= 4 is 13.6 Å². The Morgan fingerprint density at radius 1 is 1.58 bits per heavy atom. The fourth-order valence-electron chi connectivity index (χ4n) is 0.988. The minimum atomic E-state index is 0.339. The van der Waals surface area contributed by atoms with Crippen molar-refractivity contribution in [2.24, 2.45) is 0 Å². The molecule has 1 aromatic rings. The van der Waals surface area contributed by atoms with Crippen LogP contribution in [0.2, 0.25) is 0 Å². The summed E-state index contributed by atoms with van der Waals surface area (Å²) in [5.41, 5.74) is 2.18. The summed E-state index contributed by atoms with van der Waals surface area (Å²) in [4.78, 5) is 0. The van der Waals surface area contributed by atoms with Gasteiger partial charge in [0.1, 0.15) is 0 Å². The molecule has 0 spiro atoms. The van der Waals surface area contributed by atoms with E-state index in [4.69, 9.17) is 9.47 Å². The summed E-state index contributed by atoms with van der Waals surface area (Å²) < 4.78 is 10.5. The second kappa shape index (κ2) is 3.40. The Labute approximate surface area is 73.3 Å². The first-order chi connectivity index (χ1) is 5.84. The molecule has 0 bridgehead atoms. The fraction of sp³-hybridized carbons (Fsp3) is 0.500. The van der Waals surface area contributed by atoms with Crippen LogP contribution in [0, 0.1) is 6.92 Å². The second-order valence-corrected chi connectivity index (χ2v) is 3.08. The first kappa shape index (κ1) is 7.99. The van der Waals surface area contributed by atoms with E-state index in [0.29, 0.717) is 12.7 Å². The van der Waals surface area contributed by atoms with Crippen molar-refractivity contribution < 1.29 is 9.47 Å². The Balaban J connectivity index is 1.89. The molecule has 0 radical (unpaired) electrons. The van der Waals surface area contributed by atoms with Crippen molar-refractivity contribution in [1.29, 1.82) is 0 Å². The van der Waals surface area contributed by atoms with Gasteiger partial charge < -0.3 is 0 Å². The average Bonchev–Trinajstić information content (AvgIpc) is 2.87. The number of ether oxygens (including phenoxy) is 2. The Bertz CT molecular complexity index is 256. The van der Waals surface area contributed by atoms with Crippen LogP contribution in [0.15, 0.2) is 12.1 Å². The molecule has 1 atom stereocenters. The van der Waals surface area contributed by atoms with Crippen LogP contribution >= 0.6 is 0 Å². The van der Waals surface area contributed by atoms with Crippen molar-refractivity contribution in [3.05, 3.63) is 17.6 Å². The van der Waals surface area contributed by atoms with E-state index < -0.39 is 0 Å². The van der Waals surface area contributed by atoms with Gasteiger partial charge in [0.15, 0.2) is 0 Å². The zero-order valence-electron chi connectivity index (χ0n) is 7.12. The van der Waals surface area contributed by atoms with Gasteiger partial charge in [-0.3, -0.25) is 0 Å². The molecule has 1 fully saturated rings. The van der Waals surface area contributed by atoms with E-state index in [9.17, 15) is 0 Å². The van der Waals surface area contributed by atoms with E-state index in [2.05, 4.69) is 6.92 Å². The SMILES string of the molecule is Cc1bbc(OCC2CO2)cc1. The molecule has 1 saturated heterocycles. The van der Waals surface area contributed by atoms with Gasteiger partial charge in [0.25, 0.3) is 0 Å². The Morgan fingerprint density at radius 3 is 3.00 bits per heavy atom. The van der Waals surface area contributed by atoms with Gasteiger partial charge in [0, 0.05) is 0 Å². The molecule has 0 saturated carbocycles. The van der Waals surface area contributed by atoms with Crippen LogP contribution in [-0.4, -0.2) is 32.9 Å². The quantitative estimate of drug-likeness (QED) is 0.598. The van der Waals surface area contributed by atoms with Crippen molar-refractivity contribution in [2.45, 2.75) is 13.0 Å². The van der Waals surface area contributed by atoms with Crippen LogP contribution in [0.1, 0.15) is 5.46 Å². The Kier molecular flexibility index (Phi) is 2.26. The molecule has 0 aromatic carbocycles. The predicted molar refractivity (Wildman–Crippen MR) is 49.1 cm³/mol. The van der Waals surface area contributed by atoms with E-state index >= 15 is 0 Å². The van der Waals surface area contributed by atoms with Crippen molar-refractivity contribution in [1.82, 2.24) is 0 Å². The summed E-state index contributed by atoms with van der Waals surface area (Å²) in [7, 11) is 0. The van der Waals surface area contributed by atoms with Crippen molar-refractivity contribution in [2.75, 3.05) is 13.2 Å². The molecule has 2 rings (SSSR count). The van der Waals surface area contributed by atoms with Crippen LogP contribution in [0.25, 0.3) is 0 Å². The van der Waals surface area contributed by atoms with Gasteiger partial charge in [-0.05, 0) is 0 Å². The third kappa shape index (κ3) is 2.18. The summed E-state index contributed by atoms with van der Waals surface area (Å²) in [6, 6.07) is 4.03. The molecular formula is C8H10B2O2. The zero-order chi connectivity index (χ0) is 8.39. The first-order valence-electron chi connectivity index (χ1n) is 4.16. The van der Waals surface area contributed by atoms with Crippen LogP contribution in [0.3, 0.4) is 0 Å². The maximum absolute atomic E-state index is 5.46. The molecule has 1 aliphatic heterocycles. The number of aryl methyl sites for hydroxylation is 1. The van der Waals surface area contributed by atoms with Gasteiger partial charge in [-0.25, -0.2) is 0 Å². The normalized spacial score (nSPS) is 19.9. The maximum atomic E-state index is 5.46. The van der Waals surface area contributed by atoms with Gasteiger partial charge in [-0.1, -0.05) is 0 Å². The van der Waals surface area contributed by atoms with Crippen LogP contribution in [0.4, 0.5) is 0 Å². The topological polar surface area (TPSA) is 21.8 Å². The van der Waals surface area contributed by atoms with Crippen LogP contribution in [0.5, 0.6) is 5.64 Å². The number of hydrogen-bond acceptors (Lipinski definition) is 2. The summed E-state index contributed by atoms with van der Waals surface area (Å²) in [6.45, 7) is 7.63. The van der Waals surface area contributed by atoms with E-state index in [1.165, 1.54) is 5.46 Å². The van der Waals surface area contributed by atoms with E-state index in [1.807, 2.05) is 25.7 Å². The predicted octanol–water partition coefficient (Wildman–Crippen LogP) is 0.449. The van der Waals surface area contributed by atoms with Crippen LogP contribution < -0.4 is 4.74 Å². The summed E-state index contributed by atoms with van der Waals surface area (Å²) in [6.07, 6.45) is 0.339. The zero-order valence-corrected chi connectivity index (χ0v) is 7.12. The third-order valence-corrected chi connectivity index (χ3v) is 1.86. The van der Waals surface area contributed by atoms with Gasteiger partial charge in [0.05, 0.1) is 0 Å². The van der Waals surface area contributed by atoms with E-state index in [1.54, 1.807) is 0 Å². The molecule has 0 amide bonds. The van der Waals surface area contributed by atoms with Gasteiger partial charge in [-0.2, -0.15) is 0 Å². The minimum absolute atomic E-state index is 0.339. The summed E-state index contributed by atoms with van der Waals surface area (Å²) >= 11 is 0. The number of rotatable bonds is 3. The van der Waals surface area contributed by atoms with Gasteiger partial charge >= 0.3 is 72.5 Å². The Hall–Kier alpha value is -0.630. The fourth-order valence-corrected chi connectivity index (χ4v) is 0.988. The van der Waals surface area contributed by atoms with E-state index in [0.717, 1.165) is 12.3 Å². The standard InChI is InChI=1S/C8H10B2O2/c1-6-2-3-8(10-9-6)12-5-7-4-11-7/h2-3,7H,4-5H2,1H3. The average molecular weight is 160 g/mol. The van der Waals surface area contributed by atoms with Gasteiger partial charge in [0.2, 0.25) is 0 Å². The molecule has 2 nitrogen and oxygen atoms in total. The molecule has 2 heterocycles. The molecule has 0 aliphatic carbocycles. The molecular weight excluding hydrogens is 150 g/mol. The van der Waals surface area contributed by atoms with Crippen molar-refractivity contribution in [3.63, 3.8) is 0 Å². The van der Waals surface area contributed by atoms with Gasteiger partial charge in [-0.15, -0.1) is 0 Å². The molecule has 60 valence electrons. The van der Waals surface area contributed by atoms with Crippen molar-refractivity contribution in [3.8, 4) is 5.64 Å². The first-order valence-corrected chi connectivity index (χ1v) is 4.16. The third-order valence-electron chi connectivity index (χ3n) is 1.86. The molecule has 1 aromatic heterocycles.